The van der Waals surface area contributed by atoms with E-state index < -0.39 is 6.43 Å². The third-order valence-corrected chi connectivity index (χ3v) is 2.55. The van der Waals surface area contributed by atoms with Crippen LogP contribution in [0.4, 0.5) is 14.6 Å². The molecular formula is C11H11F2N3O. The number of hydrogen-bond acceptors (Lipinski definition) is 3. The van der Waals surface area contributed by atoms with E-state index in [1.807, 2.05) is 0 Å². The van der Waals surface area contributed by atoms with Crippen molar-refractivity contribution in [2.24, 2.45) is 7.05 Å². The fourth-order valence-corrected chi connectivity index (χ4v) is 1.57. The lowest BCUT2D eigenvalue weighted by Crippen LogP contribution is -1.98. The maximum Gasteiger partial charge on any atom is 0.263 e. The van der Waals surface area contributed by atoms with Crippen LogP contribution in [0.15, 0.2) is 24.4 Å². The minimum absolute atomic E-state index is 0.228. The van der Waals surface area contributed by atoms with Crippen molar-refractivity contribution in [2.75, 3.05) is 5.73 Å². The fraction of sp³-hybridized carbons (Fsp3) is 0.182. The summed E-state index contributed by atoms with van der Waals surface area (Å²) in [6, 6.07) is 3.70. The number of aryl methyl sites for hydroxylation is 1. The zero-order valence-electron chi connectivity index (χ0n) is 9.06. The van der Waals surface area contributed by atoms with Crippen LogP contribution < -0.4 is 5.73 Å². The van der Waals surface area contributed by atoms with Gasteiger partial charge in [-0.1, -0.05) is 6.07 Å². The number of hydrogen-bond donors (Lipinski definition) is 2. The summed E-state index contributed by atoms with van der Waals surface area (Å²) >= 11 is 0. The monoisotopic (exact) mass is 239 g/mol. The van der Waals surface area contributed by atoms with Crippen molar-refractivity contribution in [2.45, 2.75) is 6.43 Å². The number of phenols is 1. The first-order valence-electron chi connectivity index (χ1n) is 4.89. The summed E-state index contributed by atoms with van der Waals surface area (Å²) in [6.45, 7) is 0. The second-order valence-electron chi connectivity index (χ2n) is 3.64. The number of aromatic hydroxyl groups is 1. The molecule has 0 amide bonds. The maximum atomic E-state index is 12.4. The second kappa shape index (κ2) is 4.04. The molecule has 0 spiro atoms. The van der Waals surface area contributed by atoms with E-state index >= 15 is 0 Å². The summed E-state index contributed by atoms with van der Waals surface area (Å²) < 4.78 is 26.3. The Bertz CT molecular complexity index is 552. The first-order chi connectivity index (χ1) is 8.00. The zero-order chi connectivity index (χ0) is 12.6. The van der Waals surface area contributed by atoms with Gasteiger partial charge in [-0.25, -0.2) is 8.78 Å². The molecule has 2 rings (SSSR count). The van der Waals surface area contributed by atoms with Crippen molar-refractivity contribution < 1.29 is 13.9 Å². The molecule has 17 heavy (non-hydrogen) atoms. The predicted octanol–water partition coefficient (Wildman–Crippen LogP) is 2.31. The first-order valence-corrected chi connectivity index (χ1v) is 4.89. The highest BCUT2D eigenvalue weighted by Crippen LogP contribution is 2.35. The van der Waals surface area contributed by atoms with E-state index in [2.05, 4.69) is 5.10 Å². The second-order valence-corrected chi connectivity index (χ2v) is 3.64. The van der Waals surface area contributed by atoms with Gasteiger partial charge >= 0.3 is 0 Å². The number of aromatic nitrogens is 2. The summed E-state index contributed by atoms with van der Waals surface area (Å²) in [5.74, 6) is 0.132. The molecule has 1 aromatic carbocycles. The van der Waals surface area contributed by atoms with Gasteiger partial charge in [-0.15, -0.1) is 0 Å². The molecule has 2 aromatic rings. The van der Waals surface area contributed by atoms with Crippen LogP contribution in [-0.4, -0.2) is 14.9 Å². The predicted molar refractivity (Wildman–Crippen MR) is 59.7 cm³/mol. The third kappa shape index (κ3) is 1.93. The Morgan fingerprint density at radius 3 is 2.53 bits per heavy atom. The van der Waals surface area contributed by atoms with Gasteiger partial charge in [-0.05, 0) is 12.1 Å². The van der Waals surface area contributed by atoms with Gasteiger partial charge in [-0.3, -0.25) is 4.68 Å². The number of nitrogen functional groups attached to an aromatic ring is 1. The van der Waals surface area contributed by atoms with Crippen LogP contribution in [0.5, 0.6) is 5.75 Å². The quantitative estimate of drug-likeness (QED) is 0.845. The van der Waals surface area contributed by atoms with E-state index in [4.69, 9.17) is 5.73 Å². The average Bonchev–Trinajstić information content (AvgIpc) is 2.60. The highest BCUT2D eigenvalue weighted by molar-refractivity contribution is 5.78. The van der Waals surface area contributed by atoms with Crippen LogP contribution in [0, 0.1) is 0 Å². The van der Waals surface area contributed by atoms with Gasteiger partial charge in [0.05, 0.1) is 6.20 Å². The Morgan fingerprint density at radius 2 is 2.06 bits per heavy atom. The zero-order valence-corrected chi connectivity index (χ0v) is 9.06. The normalized spacial score (nSPS) is 11.1. The summed E-state index contributed by atoms with van der Waals surface area (Å²) in [5, 5.41) is 13.6. The van der Waals surface area contributed by atoms with Gasteiger partial charge in [0.15, 0.2) is 0 Å². The van der Waals surface area contributed by atoms with Gasteiger partial charge in [-0.2, -0.15) is 5.10 Å². The standard InChI is InChI=1S/C11H11F2N3O/c1-16-11(14)8(5-15-16)7-3-2-6(10(12)13)4-9(7)17/h2-5,10,17H,14H2,1H3. The van der Waals surface area contributed by atoms with Gasteiger partial charge in [0, 0.05) is 23.7 Å². The molecule has 0 saturated carbocycles. The third-order valence-electron chi connectivity index (χ3n) is 2.55. The number of nitrogens with two attached hydrogens (primary N) is 1. The molecule has 6 heteroatoms. The van der Waals surface area contributed by atoms with Crippen LogP contribution in [0.25, 0.3) is 11.1 Å². The van der Waals surface area contributed by atoms with Gasteiger partial charge in [0.1, 0.15) is 11.6 Å². The number of nitrogens with zero attached hydrogens (tertiary/aromatic N) is 2. The molecule has 0 saturated heterocycles. The molecular weight excluding hydrogens is 228 g/mol. The molecule has 1 aromatic heterocycles. The lowest BCUT2D eigenvalue weighted by molar-refractivity contribution is 0.151. The highest BCUT2D eigenvalue weighted by atomic mass is 19.3. The SMILES string of the molecule is Cn1ncc(-c2ccc(C(F)F)cc2O)c1N. The Hall–Kier alpha value is -2.11. The molecule has 0 radical (unpaired) electrons. The van der Waals surface area contributed by atoms with Gasteiger partial charge in [0.25, 0.3) is 6.43 Å². The minimum atomic E-state index is -2.61. The van der Waals surface area contributed by atoms with Crippen LogP contribution in [0.1, 0.15) is 12.0 Å². The van der Waals surface area contributed by atoms with E-state index in [1.165, 1.54) is 23.0 Å². The average molecular weight is 239 g/mol. The fourth-order valence-electron chi connectivity index (χ4n) is 1.57. The van der Waals surface area contributed by atoms with Gasteiger partial charge in [0.2, 0.25) is 0 Å². The Labute approximate surface area is 96.3 Å². The van der Waals surface area contributed by atoms with Crippen molar-refractivity contribution in [3.8, 4) is 16.9 Å². The summed E-state index contributed by atoms with van der Waals surface area (Å²) in [6.07, 6.45) is -1.13. The highest BCUT2D eigenvalue weighted by Gasteiger charge is 2.14. The molecule has 0 aliphatic carbocycles. The lowest BCUT2D eigenvalue weighted by Gasteiger charge is -2.06. The van der Waals surface area contributed by atoms with Crippen molar-refractivity contribution in [3.05, 3.63) is 30.0 Å². The largest absolute Gasteiger partial charge is 0.507 e. The van der Waals surface area contributed by atoms with Crippen molar-refractivity contribution in [1.82, 2.24) is 9.78 Å². The molecule has 3 N–H and O–H groups in total. The minimum Gasteiger partial charge on any atom is -0.507 e. The van der Waals surface area contributed by atoms with E-state index in [9.17, 15) is 13.9 Å². The Kier molecular flexibility index (Phi) is 2.71. The van der Waals surface area contributed by atoms with Crippen LogP contribution >= 0.6 is 0 Å². The molecule has 1 heterocycles. The lowest BCUT2D eigenvalue weighted by atomic mass is 10.1. The molecule has 90 valence electrons. The van der Waals surface area contributed by atoms with E-state index in [0.717, 1.165) is 6.07 Å². The summed E-state index contributed by atoms with van der Waals surface area (Å²) in [7, 11) is 1.66. The summed E-state index contributed by atoms with van der Waals surface area (Å²) in [5.41, 5.74) is 6.42. The smallest absolute Gasteiger partial charge is 0.263 e. The molecule has 0 bridgehead atoms. The molecule has 4 nitrogen and oxygen atoms in total. The number of halogens is 2. The maximum absolute atomic E-state index is 12.4. The van der Waals surface area contributed by atoms with Crippen molar-refractivity contribution >= 4 is 5.82 Å². The topological polar surface area (TPSA) is 64.1 Å². The van der Waals surface area contributed by atoms with Crippen molar-refractivity contribution in [1.29, 1.82) is 0 Å². The first kappa shape index (κ1) is 11.4. The Morgan fingerprint density at radius 1 is 1.35 bits per heavy atom. The molecule has 0 aliphatic heterocycles. The number of phenolic OH excluding ortho intramolecular Hbond substituents is 1. The van der Waals surface area contributed by atoms with Crippen LogP contribution in [-0.2, 0) is 7.05 Å². The van der Waals surface area contributed by atoms with Crippen LogP contribution in [0.3, 0.4) is 0 Å². The number of alkyl halides is 2. The van der Waals surface area contributed by atoms with Crippen LogP contribution in [0.2, 0.25) is 0 Å². The van der Waals surface area contributed by atoms with E-state index in [1.54, 1.807) is 7.05 Å². The Balaban J connectivity index is 2.50. The van der Waals surface area contributed by atoms with E-state index in [-0.39, 0.29) is 11.3 Å². The van der Waals surface area contributed by atoms with Gasteiger partial charge < -0.3 is 10.8 Å². The van der Waals surface area contributed by atoms with E-state index in [0.29, 0.717) is 16.9 Å². The number of rotatable bonds is 2. The molecule has 0 fully saturated rings. The summed E-state index contributed by atoms with van der Waals surface area (Å²) in [4.78, 5) is 0. The molecule has 0 atom stereocenters. The van der Waals surface area contributed by atoms with Crippen molar-refractivity contribution in [3.63, 3.8) is 0 Å². The molecule has 0 aliphatic rings. The number of benzene rings is 1. The molecule has 0 unspecified atom stereocenters. The number of anilines is 1.